The Balaban J connectivity index is 1.53. The molecule has 1 aliphatic carbocycles. The smallest absolute Gasteiger partial charge is 0.271 e. The Kier molecular flexibility index (Phi) is 4.91. The van der Waals surface area contributed by atoms with Gasteiger partial charge < -0.3 is 4.98 Å². The molecule has 0 spiro atoms. The molecule has 3 aromatic carbocycles. The van der Waals surface area contributed by atoms with Gasteiger partial charge in [0.2, 0.25) is 0 Å². The zero-order valence-electron chi connectivity index (χ0n) is 19.6. The fourth-order valence-corrected chi connectivity index (χ4v) is 6.83. The first-order chi connectivity index (χ1) is 17.6. The van der Waals surface area contributed by atoms with E-state index in [1.807, 2.05) is 54.0 Å². The normalized spacial score (nSPS) is 17.1. The molecule has 36 heavy (non-hydrogen) atoms. The number of para-hydroxylation sites is 1. The maximum Gasteiger partial charge on any atom is 0.271 e. The molecule has 1 N–H and O–H groups in total. The van der Waals surface area contributed by atoms with Crippen molar-refractivity contribution in [1.29, 1.82) is 0 Å². The fraction of sp³-hybridized carbons (Fsp3) is 0.133. The molecule has 1 atom stereocenters. The quantitative estimate of drug-likeness (QED) is 0.324. The summed E-state index contributed by atoms with van der Waals surface area (Å²) < 4.78 is 2.53. The molecule has 7 rings (SSSR count). The Hall–Kier alpha value is -3.67. The van der Waals surface area contributed by atoms with Gasteiger partial charge in [-0.1, -0.05) is 83.6 Å². The summed E-state index contributed by atoms with van der Waals surface area (Å²) >= 11 is 8.19. The van der Waals surface area contributed by atoms with Crippen molar-refractivity contribution < 1.29 is 0 Å². The highest BCUT2D eigenvalue weighted by atomic mass is 35.5. The first-order valence-corrected chi connectivity index (χ1v) is 13.2. The molecule has 2 aromatic heterocycles. The number of hydrogen-bond donors (Lipinski definition) is 1. The standard InChI is InChI=1S/C30H22ClN3OS/c1-17-23(20-10-5-7-13-25(20)32-17)16-26-29(35)34-28(21-11-4-6-12-24(21)31)22-15-14-18-8-2-3-9-19(18)27(22)33-30(34)36-26/h2-13,16,28,32H,14-15H2,1H3/b26-16-/t28-/m1/s1. The van der Waals surface area contributed by atoms with Crippen molar-refractivity contribution in [2.45, 2.75) is 25.8 Å². The molecule has 176 valence electrons. The molecule has 2 aliphatic rings. The molecule has 0 fully saturated rings. The molecular formula is C30H22ClN3OS. The van der Waals surface area contributed by atoms with Gasteiger partial charge in [0.05, 0.1) is 16.3 Å². The average molecular weight is 508 g/mol. The van der Waals surface area contributed by atoms with E-state index in [9.17, 15) is 4.79 Å². The fourth-order valence-electron chi connectivity index (χ4n) is 5.61. The molecule has 0 radical (unpaired) electrons. The van der Waals surface area contributed by atoms with Crippen LogP contribution in [0.3, 0.4) is 0 Å². The molecule has 0 saturated heterocycles. The number of H-pyrrole nitrogens is 1. The van der Waals surface area contributed by atoms with Crippen LogP contribution >= 0.6 is 22.9 Å². The first kappa shape index (κ1) is 21.6. The summed E-state index contributed by atoms with van der Waals surface area (Å²) in [7, 11) is 0. The molecular weight excluding hydrogens is 486 g/mol. The van der Waals surface area contributed by atoms with Gasteiger partial charge in [0.15, 0.2) is 4.80 Å². The van der Waals surface area contributed by atoms with Crippen LogP contribution in [0.4, 0.5) is 0 Å². The summed E-state index contributed by atoms with van der Waals surface area (Å²) in [5.74, 6) is 0. The second-order valence-electron chi connectivity index (χ2n) is 9.34. The predicted molar refractivity (Wildman–Crippen MR) is 147 cm³/mol. The Morgan fingerprint density at radius 1 is 1.03 bits per heavy atom. The lowest BCUT2D eigenvalue weighted by atomic mass is 9.83. The monoisotopic (exact) mass is 507 g/mol. The Morgan fingerprint density at radius 3 is 2.69 bits per heavy atom. The summed E-state index contributed by atoms with van der Waals surface area (Å²) in [6.07, 6.45) is 3.78. The highest BCUT2D eigenvalue weighted by Crippen LogP contribution is 2.42. The van der Waals surface area contributed by atoms with Crippen LogP contribution in [-0.2, 0) is 6.42 Å². The number of nitrogens with zero attached hydrogens (tertiary/aromatic N) is 2. The van der Waals surface area contributed by atoms with Crippen molar-refractivity contribution in [2.75, 3.05) is 0 Å². The van der Waals surface area contributed by atoms with E-state index in [-0.39, 0.29) is 11.6 Å². The molecule has 3 heterocycles. The minimum Gasteiger partial charge on any atom is -0.358 e. The van der Waals surface area contributed by atoms with Gasteiger partial charge in [0, 0.05) is 32.7 Å². The summed E-state index contributed by atoms with van der Waals surface area (Å²) in [5.41, 5.74) is 8.65. The van der Waals surface area contributed by atoms with E-state index in [1.54, 1.807) is 0 Å². The minimum absolute atomic E-state index is 0.0289. The summed E-state index contributed by atoms with van der Waals surface area (Å²) in [6.45, 7) is 2.05. The largest absolute Gasteiger partial charge is 0.358 e. The number of allylic oxidation sites excluding steroid dienone is 1. The van der Waals surface area contributed by atoms with E-state index in [4.69, 9.17) is 16.6 Å². The Bertz CT molecular complexity index is 1910. The van der Waals surface area contributed by atoms with Crippen LogP contribution in [0.5, 0.6) is 0 Å². The highest BCUT2D eigenvalue weighted by molar-refractivity contribution is 7.07. The number of hydrogen-bond acceptors (Lipinski definition) is 3. The van der Waals surface area contributed by atoms with E-state index in [1.165, 1.54) is 16.9 Å². The zero-order valence-corrected chi connectivity index (χ0v) is 21.2. The van der Waals surface area contributed by atoms with Gasteiger partial charge in [-0.05, 0) is 54.7 Å². The van der Waals surface area contributed by atoms with E-state index in [0.29, 0.717) is 14.4 Å². The summed E-state index contributed by atoms with van der Waals surface area (Å²) in [5, 5.41) is 1.77. The number of rotatable bonds is 2. The van der Waals surface area contributed by atoms with Crippen LogP contribution in [0.15, 0.2) is 88.2 Å². The molecule has 5 aromatic rings. The van der Waals surface area contributed by atoms with Gasteiger partial charge in [0.1, 0.15) is 0 Å². The molecule has 0 unspecified atom stereocenters. The maximum atomic E-state index is 14.0. The second-order valence-corrected chi connectivity index (χ2v) is 10.8. The highest BCUT2D eigenvalue weighted by Gasteiger charge is 2.33. The van der Waals surface area contributed by atoms with Gasteiger partial charge in [-0.25, -0.2) is 4.99 Å². The Labute approximate surface area is 216 Å². The number of nitrogens with one attached hydrogen (secondary N) is 1. The van der Waals surface area contributed by atoms with Crippen molar-refractivity contribution in [3.8, 4) is 0 Å². The van der Waals surface area contributed by atoms with Crippen molar-refractivity contribution in [3.05, 3.63) is 131 Å². The molecule has 0 saturated carbocycles. The molecule has 0 amide bonds. The number of fused-ring (bicyclic) bond motifs is 4. The van der Waals surface area contributed by atoms with Crippen LogP contribution in [0.2, 0.25) is 5.02 Å². The number of benzene rings is 3. The van der Waals surface area contributed by atoms with Crippen molar-refractivity contribution in [2.24, 2.45) is 4.99 Å². The molecule has 4 nitrogen and oxygen atoms in total. The molecule has 1 aliphatic heterocycles. The number of aromatic amines is 1. The molecule has 0 bridgehead atoms. The minimum atomic E-state index is -0.274. The SMILES string of the molecule is Cc1[nH]c2ccccc2c1/C=c1\sc2n(c1=O)[C@H](c1ccccc1Cl)C1=C(N=2)c2ccccc2CC1. The summed E-state index contributed by atoms with van der Waals surface area (Å²) in [4.78, 5) is 23.3. The van der Waals surface area contributed by atoms with Gasteiger partial charge in [-0.3, -0.25) is 9.36 Å². The van der Waals surface area contributed by atoms with Crippen molar-refractivity contribution >= 4 is 45.6 Å². The predicted octanol–water partition coefficient (Wildman–Crippen LogP) is 5.76. The zero-order chi connectivity index (χ0) is 24.4. The van der Waals surface area contributed by atoms with Gasteiger partial charge in [0.25, 0.3) is 5.56 Å². The van der Waals surface area contributed by atoms with Gasteiger partial charge in [-0.15, -0.1) is 0 Å². The average Bonchev–Trinajstić information content (AvgIpc) is 3.39. The van der Waals surface area contributed by atoms with E-state index >= 15 is 0 Å². The lowest BCUT2D eigenvalue weighted by Gasteiger charge is -2.31. The second kappa shape index (κ2) is 8.19. The van der Waals surface area contributed by atoms with Crippen molar-refractivity contribution in [1.82, 2.24) is 9.55 Å². The van der Waals surface area contributed by atoms with Crippen LogP contribution in [0, 0.1) is 6.92 Å². The van der Waals surface area contributed by atoms with Crippen LogP contribution < -0.4 is 14.9 Å². The third-order valence-electron chi connectivity index (χ3n) is 7.29. The number of aromatic nitrogens is 2. The topological polar surface area (TPSA) is 50.1 Å². The van der Waals surface area contributed by atoms with Crippen molar-refractivity contribution in [3.63, 3.8) is 0 Å². The van der Waals surface area contributed by atoms with Gasteiger partial charge in [-0.2, -0.15) is 0 Å². The van der Waals surface area contributed by atoms with Crippen LogP contribution in [0.25, 0.3) is 22.7 Å². The summed E-state index contributed by atoms with van der Waals surface area (Å²) in [6, 6.07) is 24.2. The lowest BCUT2D eigenvalue weighted by Crippen LogP contribution is -2.38. The van der Waals surface area contributed by atoms with E-state index in [0.717, 1.165) is 57.4 Å². The number of halogens is 1. The Morgan fingerprint density at radius 2 is 1.81 bits per heavy atom. The first-order valence-electron chi connectivity index (χ1n) is 12.0. The van der Waals surface area contributed by atoms with E-state index < -0.39 is 0 Å². The van der Waals surface area contributed by atoms with E-state index in [2.05, 4.69) is 41.4 Å². The number of aryl methyl sites for hydroxylation is 2. The van der Waals surface area contributed by atoms with Gasteiger partial charge >= 0.3 is 0 Å². The van der Waals surface area contributed by atoms with Crippen LogP contribution in [0.1, 0.15) is 40.4 Å². The third-order valence-corrected chi connectivity index (χ3v) is 8.62. The maximum absolute atomic E-state index is 14.0. The third kappa shape index (κ3) is 3.20. The number of thiazole rings is 1. The molecule has 6 heteroatoms. The lowest BCUT2D eigenvalue weighted by molar-refractivity contribution is 0.585. The van der Waals surface area contributed by atoms with Crippen LogP contribution in [-0.4, -0.2) is 9.55 Å².